The number of carbonyl (C=O) groups excluding carboxylic acids is 1. The van der Waals surface area contributed by atoms with Crippen molar-refractivity contribution < 1.29 is 9.53 Å². The van der Waals surface area contributed by atoms with Crippen LogP contribution in [0.15, 0.2) is 139 Å². The number of ether oxygens (including phenoxy) is 1. The van der Waals surface area contributed by atoms with Gasteiger partial charge in [-0.15, -0.1) is 0 Å². The van der Waals surface area contributed by atoms with Crippen LogP contribution in [0.2, 0.25) is 0 Å². The summed E-state index contributed by atoms with van der Waals surface area (Å²) in [6.07, 6.45) is 1.62. The summed E-state index contributed by atoms with van der Waals surface area (Å²) < 4.78 is 8.20. The zero-order chi connectivity index (χ0) is 28.0. The molecule has 6 rings (SSSR count). The number of nitrogens with one attached hydrogen (secondary N) is 1. The van der Waals surface area contributed by atoms with Crippen LogP contribution in [0.1, 0.15) is 27.2 Å². The van der Waals surface area contributed by atoms with Gasteiger partial charge in [-0.1, -0.05) is 72.8 Å². The summed E-state index contributed by atoms with van der Waals surface area (Å²) in [5, 5.41) is 6.54. The first-order valence-corrected chi connectivity index (χ1v) is 13.5. The molecular weight excluding hydrogens is 506 g/mol. The number of benzene rings is 5. The highest BCUT2D eigenvalue weighted by Gasteiger charge is 2.11. The van der Waals surface area contributed by atoms with E-state index in [4.69, 9.17) is 4.74 Å². The lowest BCUT2D eigenvalue weighted by Crippen LogP contribution is -2.17. The molecule has 0 radical (unpaired) electrons. The van der Waals surface area contributed by atoms with Gasteiger partial charge in [0.05, 0.1) is 11.9 Å². The van der Waals surface area contributed by atoms with Gasteiger partial charge in [-0.25, -0.2) is 5.43 Å². The number of aromatic nitrogens is 1. The molecular formula is C36H29N3O2. The van der Waals surface area contributed by atoms with E-state index in [1.54, 1.807) is 6.21 Å². The van der Waals surface area contributed by atoms with Crippen molar-refractivity contribution in [3.8, 4) is 22.7 Å². The monoisotopic (exact) mass is 535 g/mol. The summed E-state index contributed by atoms with van der Waals surface area (Å²) in [5.74, 6) is 0.503. The maximum atomic E-state index is 12.7. The highest BCUT2D eigenvalue weighted by Crippen LogP contribution is 2.26. The third-order valence-corrected chi connectivity index (χ3v) is 7.07. The predicted octanol–water partition coefficient (Wildman–Crippen LogP) is 7.95. The van der Waals surface area contributed by atoms with Gasteiger partial charge in [-0.2, -0.15) is 5.10 Å². The van der Waals surface area contributed by atoms with Crippen LogP contribution in [-0.4, -0.2) is 16.7 Å². The maximum absolute atomic E-state index is 12.7. The Balaban J connectivity index is 1.06. The fourth-order valence-corrected chi connectivity index (χ4v) is 4.94. The van der Waals surface area contributed by atoms with E-state index in [1.165, 1.54) is 10.8 Å². The molecule has 0 atom stereocenters. The van der Waals surface area contributed by atoms with Crippen LogP contribution in [0.5, 0.6) is 5.75 Å². The molecule has 41 heavy (non-hydrogen) atoms. The van der Waals surface area contributed by atoms with Crippen molar-refractivity contribution in [3.63, 3.8) is 0 Å². The Hall–Kier alpha value is -5.42. The van der Waals surface area contributed by atoms with Crippen LogP contribution in [0.3, 0.4) is 0 Å². The van der Waals surface area contributed by atoms with Crippen molar-refractivity contribution in [1.82, 2.24) is 9.99 Å². The Bertz CT molecular complexity index is 1810. The quantitative estimate of drug-likeness (QED) is 0.159. The van der Waals surface area contributed by atoms with Gasteiger partial charge in [0, 0.05) is 16.9 Å². The summed E-state index contributed by atoms with van der Waals surface area (Å²) in [5.41, 5.74) is 9.52. The molecule has 0 saturated carbocycles. The van der Waals surface area contributed by atoms with E-state index in [1.807, 2.05) is 84.9 Å². The number of aryl methyl sites for hydroxylation is 1. The lowest BCUT2D eigenvalue weighted by Gasteiger charge is -2.12. The van der Waals surface area contributed by atoms with Crippen molar-refractivity contribution in [2.45, 2.75) is 13.5 Å². The third-order valence-electron chi connectivity index (χ3n) is 7.07. The van der Waals surface area contributed by atoms with E-state index in [-0.39, 0.29) is 5.91 Å². The Kier molecular flexibility index (Phi) is 7.41. The van der Waals surface area contributed by atoms with E-state index in [0.717, 1.165) is 39.5 Å². The summed E-state index contributed by atoms with van der Waals surface area (Å²) in [6.45, 7) is 2.56. The molecule has 6 aromatic rings. The third kappa shape index (κ3) is 5.80. The Morgan fingerprint density at radius 1 is 0.780 bits per heavy atom. The SMILES string of the molecule is Cc1ccc(-c2ccccc2)n1-c1ccc(C(=O)N/N=C/c2ccc(OCc3cccc4ccccc34)cc2)cc1. The second-order valence-electron chi connectivity index (χ2n) is 9.80. The van der Waals surface area contributed by atoms with Crippen LogP contribution in [-0.2, 0) is 6.61 Å². The first-order valence-electron chi connectivity index (χ1n) is 13.5. The highest BCUT2D eigenvalue weighted by atomic mass is 16.5. The molecule has 1 N–H and O–H groups in total. The molecule has 1 amide bonds. The smallest absolute Gasteiger partial charge is 0.271 e. The molecule has 0 aliphatic carbocycles. The molecule has 5 aromatic carbocycles. The van der Waals surface area contributed by atoms with Crippen molar-refractivity contribution in [3.05, 3.63) is 156 Å². The Labute approximate surface area is 239 Å². The molecule has 0 bridgehead atoms. The van der Waals surface area contributed by atoms with Gasteiger partial charge < -0.3 is 9.30 Å². The second-order valence-corrected chi connectivity index (χ2v) is 9.80. The maximum Gasteiger partial charge on any atom is 0.271 e. The van der Waals surface area contributed by atoms with E-state index in [2.05, 4.69) is 70.5 Å². The van der Waals surface area contributed by atoms with Gasteiger partial charge in [0.25, 0.3) is 5.91 Å². The number of rotatable bonds is 8. The first-order chi connectivity index (χ1) is 20.2. The zero-order valence-corrected chi connectivity index (χ0v) is 22.7. The average Bonchev–Trinajstić information content (AvgIpc) is 3.42. The van der Waals surface area contributed by atoms with E-state index in [9.17, 15) is 4.79 Å². The van der Waals surface area contributed by atoms with Crippen molar-refractivity contribution >= 4 is 22.9 Å². The Morgan fingerprint density at radius 2 is 1.51 bits per heavy atom. The molecule has 1 heterocycles. The Morgan fingerprint density at radius 3 is 2.32 bits per heavy atom. The van der Waals surface area contributed by atoms with Crippen LogP contribution in [0.4, 0.5) is 0 Å². The summed E-state index contributed by atoms with van der Waals surface area (Å²) in [7, 11) is 0. The fraction of sp³-hybridized carbons (Fsp3) is 0.0556. The van der Waals surface area contributed by atoms with Crippen LogP contribution >= 0.6 is 0 Å². The number of nitrogens with zero attached hydrogens (tertiary/aromatic N) is 2. The molecule has 0 aliphatic heterocycles. The highest BCUT2D eigenvalue weighted by molar-refractivity contribution is 5.95. The van der Waals surface area contributed by atoms with Gasteiger partial charge in [-0.3, -0.25) is 4.79 Å². The van der Waals surface area contributed by atoms with Crippen LogP contribution in [0.25, 0.3) is 27.7 Å². The van der Waals surface area contributed by atoms with Crippen LogP contribution < -0.4 is 10.2 Å². The molecule has 0 unspecified atom stereocenters. The van der Waals surface area contributed by atoms with Gasteiger partial charge in [0.2, 0.25) is 0 Å². The molecule has 0 fully saturated rings. The van der Waals surface area contributed by atoms with E-state index >= 15 is 0 Å². The molecule has 5 heteroatoms. The van der Waals surface area contributed by atoms with Crippen LogP contribution in [0, 0.1) is 6.92 Å². The van der Waals surface area contributed by atoms with Crippen molar-refractivity contribution in [2.75, 3.05) is 0 Å². The number of hydrazone groups is 1. The molecule has 5 nitrogen and oxygen atoms in total. The lowest BCUT2D eigenvalue weighted by molar-refractivity contribution is 0.0955. The first kappa shape index (κ1) is 25.8. The van der Waals surface area contributed by atoms with Gasteiger partial charge in [0.1, 0.15) is 12.4 Å². The molecule has 0 saturated heterocycles. The largest absolute Gasteiger partial charge is 0.489 e. The number of hydrogen-bond acceptors (Lipinski definition) is 3. The standard InChI is InChI=1S/C36H29N3O2/c1-26-14-23-35(29-9-3-2-4-10-29)39(26)32-19-17-30(18-20-32)36(40)38-37-24-27-15-21-33(22-16-27)41-25-31-12-7-11-28-8-5-6-13-34(28)31/h2-24H,25H2,1H3,(H,38,40)/b37-24+. The normalized spacial score (nSPS) is 11.1. The van der Waals surface area contributed by atoms with Gasteiger partial charge in [-0.05, 0) is 95.1 Å². The van der Waals surface area contributed by atoms with Gasteiger partial charge in [0.15, 0.2) is 0 Å². The lowest BCUT2D eigenvalue weighted by atomic mass is 10.1. The van der Waals surface area contributed by atoms with E-state index < -0.39 is 0 Å². The summed E-state index contributed by atoms with van der Waals surface area (Å²) in [4.78, 5) is 12.7. The summed E-state index contributed by atoms with van der Waals surface area (Å²) >= 11 is 0. The number of carbonyl (C=O) groups is 1. The summed E-state index contributed by atoms with van der Waals surface area (Å²) in [6, 6.07) is 44.2. The van der Waals surface area contributed by atoms with Crippen molar-refractivity contribution in [2.24, 2.45) is 5.10 Å². The molecule has 0 aliphatic rings. The number of amides is 1. The molecule has 0 spiro atoms. The zero-order valence-electron chi connectivity index (χ0n) is 22.7. The average molecular weight is 536 g/mol. The molecule has 200 valence electrons. The van der Waals surface area contributed by atoms with Crippen molar-refractivity contribution in [1.29, 1.82) is 0 Å². The predicted molar refractivity (Wildman–Crippen MR) is 166 cm³/mol. The van der Waals surface area contributed by atoms with Gasteiger partial charge >= 0.3 is 0 Å². The minimum Gasteiger partial charge on any atom is -0.489 e. The minimum atomic E-state index is -0.268. The fourth-order valence-electron chi connectivity index (χ4n) is 4.94. The number of hydrogen-bond donors (Lipinski definition) is 1. The minimum absolute atomic E-state index is 0.268. The van der Waals surface area contributed by atoms with E-state index in [0.29, 0.717) is 12.2 Å². The number of fused-ring (bicyclic) bond motifs is 1. The second kappa shape index (κ2) is 11.8. The topological polar surface area (TPSA) is 55.6 Å². The molecule has 1 aromatic heterocycles.